The lowest BCUT2D eigenvalue weighted by molar-refractivity contribution is -0.133. The highest BCUT2D eigenvalue weighted by Crippen LogP contribution is 2.37. The lowest BCUT2D eigenvalue weighted by atomic mass is 9.85. The predicted molar refractivity (Wildman–Crippen MR) is 82.9 cm³/mol. The van der Waals surface area contributed by atoms with Gasteiger partial charge in [0.1, 0.15) is 5.54 Å². The van der Waals surface area contributed by atoms with E-state index in [1.807, 2.05) is 4.90 Å². The van der Waals surface area contributed by atoms with E-state index in [1.54, 1.807) is 18.9 Å². The van der Waals surface area contributed by atoms with Crippen LogP contribution in [0.1, 0.15) is 32.6 Å². The van der Waals surface area contributed by atoms with Gasteiger partial charge < -0.3 is 14.3 Å². The fourth-order valence-electron chi connectivity index (χ4n) is 3.47. The number of carbonyl (C=O) groups excluding carboxylic acids is 2. The van der Waals surface area contributed by atoms with Gasteiger partial charge >= 0.3 is 6.03 Å². The Morgan fingerprint density at radius 3 is 2.43 bits per heavy atom. The smallest absolute Gasteiger partial charge is 0.327 e. The number of aryl methyl sites for hydroxylation is 1. The van der Waals surface area contributed by atoms with Crippen LogP contribution in [0.4, 0.5) is 10.7 Å². The molecule has 2 aliphatic rings. The standard InChI is InChI=1S/C15H23N5O3/c1-10(2)9-20-14(22)18(4)12(21)15(20)5-7-19(8-6-15)13-16-11(3)23-17-13/h10H,5-9H2,1-4H3. The molecule has 0 atom stereocenters. The van der Waals surface area contributed by atoms with Crippen molar-refractivity contribution in [3.05, 3.63) is 5.89 Å². The summed E-state index contributed by atoms with van der Waals surface area (Å²) in [6.07, 6.45) is 1.17. The second-order valence-corrected chi connectivity index (χ2v) is 6.78. The first-order chi connectivity index (χ1) is 10.8. The summed E-state index contributed by atoms with van der Waals surface area (Å²) in [4.78, 5) is 34.5. The van der Waals surface area contributed by atoms with E-state index in [0.717, 1.165) is 0 Å². The number of hydrogen-bond acceptors (Lipinski definition) is 6. The highest BCUT2D eigenvalue weighted by atomic mass is 16.5. The lowest BCUT2D eigenvalue weighted by Gasteiger charge is -2.42. The van der Waals surface area contributed by atoms with E-state index in [-0.39, 0.29) is 11.9 Å². The van der Waals surface area contributed by atoms with Crippen LogP contribution in [0.5, 0.6) is 0 Å². The second-order valence-electron chi connectivity index (χ2n) is 6.78. The minimum Gasteiger partial charge on any atom is -0.338 e. The van der Waals surface area contributed by atoms with Gasteiger partial charge in [-0.25, -0.2) is 4.79 Å². The van der Waals surface area contributed by atoms with E-state index in [0.29, 0.717) is 50.2 Å². The fourth-order valence-corrected chi connectivity index (χ4v) is 3.47. The lowest BCUT2D eigenvalue weighted by Crippen LogP contribution is -2.57. The number of anilines is 1. The van der Waals surface area contributed by atoms with Gasteiger partial charge in [0, 0.05) is 33.6 Å². The van der Waals surface area contributed by atoms with Crippen LogP contribution in [0, 0.1) is 12.8 Å². The average Bonchev–Trinajstić information content (AvgIpc) is 3.02. The van der Waals surface area contributed by atoms with E-state index in [2.05, 4.69) is 24.0 Å². The highest BCUT2D eigenvalue weighted by molar-refractivity contribution is 6.06. The molecule has 2 fully saturated rings. The third-order valence-electron chi connectivity index (χ3n) is 4.68. The third-order valence-corrected chi connectivity index (χ3v) is 4.68. The van der Waals surface area contributed by atoms with Crippen LogP contribution in [0.25, 0.3) is 0 Å². The summed E-state index contributed by atoms with van der Waals surface area (Å²) in [5, 5.41) is 3.93. The van der Waals surface area contributed by atoms with Crippen LogP contribution >= 0.6 is 0 Å². The Labute approximate surface area is 135 Å². The van der Waals surface area contributed by atoms with Gasteiger partial charge in [0.05, 0.1) is 0 Å². The maximum Gasteiger partial charge on any atom is 0.327 e. The zero-order valence-electron chi connectivity index (χ0n) is 14.1. The zero-order valence-corrected chi connectivity index (χ0v) is 14.1. The molecule has 2 saturated heterocycles. The summed E-state index contributed by atoms with van der Waals surface area (Å²) >= 11 is 0. The summed E-state index contributed by atoms with van der Waals surface area (Å²) in [7, 11) is 1.57. The van der Waals surface area contributed by atoms with E-state index in [1.165, 1.54) is 4.90 Å². The number of aromatic nitrogens is 2. The van der Waals surface area contributed by atoms with Crippen LogP contribution in [0.2, 0.25) is 0 Å². The van der Waals surface area contributed by atoms with Crippen molar-refractivity contribution < 1.29 is 14.1 Å². The van der Waals surface area contributed by atoms with Crippen molar-refractivity contribution in [3.63, 3.8) is 0 Å². The van der Waals surface area contributed by atoms with Gasteiger partial charge in [0.15, 0.2) is 0 Å². The van der Waals surface area contributed by atoms with Gasteiger partial charge in [-0.05, 0) is 23.9 Å². The maximum absolute atomic E-state index is 12.7. The van der Waals surface area contributed by atoms with Crippen molar-refractivity contribution in [2.24, 2.45) is 5.92 Å². The molecular weight excluding hydrogens is 298 g/mol. The Hall–Kier alpha value is -2.12. The molecule has 0 radical (unpaired) electrons. The first-order valence-electron chi connectivity index (χ1n) is 8.00. The quantitative estimate of drug-likeness (QED) is 0.780. The molecule has 0 saturated carbocycles. The normalized spacial score (nSPS) is 21.2. The van der Waals surface area contributed by atoms with Crippen molar-refractivity contribution in [2.45, 2.75) is 39.2 Å². The van der Waals surface area contributed by atoms with Crippen molar-refractivity contribution in [2.75, 3.05) is 31.6 Å². The van der Waals surface area contributed by atoms with Gasteiger partial charge in [-0.2, -0.15) is 4.98 Å². The Kier molecular flexibility index (Phi) is 3.77. The molecule has 0 N–H and O–H groups in total. The molecule has 1 spiro atoms. The van der Waals surface area contributed by atoms with E-state index in [9.17, 15) is 9.59 Å². The summed E-state index contributed by atoms with van der Waals surface area (Å²) in [6, 6.07) is -0.187. The molecule has 8 heteroatoms. The summed E-state index contributed by atoms with van der Waals surface area (Å²) in [5.41, 5.74) is -0.717. The van der Waals surface area contributed by atoms with E-state index >= 15 is 0 Å². The SMILES string of the molecule is Cc1nc(N2CCC3(CC2)C(=O)N(C)C(=O)N3CC(C)C)no1. The number of amides is 3. The molecule has 3 amide bonds. The fraction of sp³-hybridized carbons (Fsp3) is 0.733. The first-order valence-corrected chi connectivity index (χ1v) is 8.00. The van der Waals surface area contributed by atoms with Crippen LogP contribution in [-0.2, 0) is 4.79 Å². The maximum atomic E-state index is 12.7. The minimum atomic E-state index is -0.717. The molecule has 126 valence electrons. The van der Waals surface area contributed by atoms with Gasteiger partial charge in [-0.3, -0.25) is 9.69 Å². The summed E-state index contributed by atoms with van der Waals surface area (Å²) in [6.45, 7) is 7.71. The summed E-state index contributed by atoms with van der Waals surface area (Å²) in [5.74, 6) is 1.30. The molecule has 0 aromatic carbocycles. The summed E-state index contributed by atoms with van der Waals surface area (Å²) < 4.78 is 5.02. The molecule has 3 rings (SSSR count). The van der Waals surface area contributed by atoms with Crippen LogP contribution in [-0.4, -0.2) is 64.1 Å². The molecule has 1 aromatic heterocycles. The Morgan fingerprint density at radius 1 is 1.26 bits per heavy atom. The molecular formula is C15H23N5O3. The second kappa shape index (κ2) is 5.50. The zero-order chi connectivity index (χ0) is 16.8. The van der Waals surface area contributed by atoms with Crippen LogP contribution in [0.3, 0.4) is 0 Å². The van der Waals surface area contributed by atoms with Crippen molar-refractivity contribution in [1.29, 1.82) is 0 Å². The van der Waals surface area contributed by atoms with E-state index < -0.39 is 5.54 Å². The molecule has 23 heavy (non-hydrogen) atoms. The molecule has 0 bridgehead atoms. The number of rotatable bonds is 3. The Balaban J connectivity index is 1.81. The number of carbonyl (C=O) groups is 2. The number of nitrogens with zero attached hydrogens (tertiary/aromatic N) is 5. The first kappa shape index (κ1) is 15.8. The number of imide groups is 1. The number of urea groups is 1. The molecule has 3 heterocycles. The van der Waals surface area contributed by atoms with Crippen LogP contribution < -0.4 is 4.90 Å². The van der Waals surface area contributed by atoms with Gasteiger partial charge in [0.25, 0.3) is 11.9 Å². The van der Waals surface area contributed by atoms with Crippen molar-refractivity contribution in [3.8, 4) is 0 Å². The van der Waals surface area contributed by atoms with Gasteiger partial charge in [-0.1, -0.05) is 13.8 Å². The molecule has 1 aromatic rings. The molecule has 0 aliphatic carbocycles. The van der Waals surface area contributed by atoms with Crippen molar-refractivity contribution >= 4 is 17.9 Å². The highest BCUT2D eigenvalue weighted by Gasteiger charge is 2.56. The average molecular weight is 321 g/mol. The van der Waals surface area contributed by atoms with Gasteiger partial charge in [-0.15, -0.1) is 0 Å². The number of likely N-dealkylation sites (N-methyl/N-ethyl adjacent to an activating group) is 1. The van der Waals surface area contributed by atoms with Crippen molar-refractivity contribution in [1.82, 2.24) is 19.9 Å². The Morgan fingerprint density at radius 2 is 1.91 bits per heavy atom. The molecule has 0 unspecified atom stereocenters. The number of piperidine rings is 1. The minimum absolute atomic E-state index is 0.0907. The predicted octanol–water partition coefficient (Wildman–Crippen LogP) is 1.27. The third kappa shape index (κ3) is 2.46. The number of hydrogen-bond donors (Lipinski definition) is 0. The molecule has 8 nitrogen and oxygen atoms in total. The largest absolute Gasteiger partial charge is 0.338 e. The van der Waals surface area contributed by atoms with Gasteiger partial charge in [0.2, 0.25) is 5.89 Å². The van der Waals surface area contributed by atoms with E-state index in [4.69, 9.17) is 4.52 Å². The monoisotopic (exact) mass is 321 g/mol. The Bertz CT molecular complexity index is 618. The molecule has 2 aliphatic heterocycles. The van der Waals surface area contributed by atoms with Crippen LogP contribution in [0.15, 0.2) is 4.52 Å². The topological polar surface area (TPSA) is 82.8 Å².